The topological polar surface area (TPSA) is 74.6 Å². The highest BCUT2D eigenvalue weighted by atomic mass is 16.4. The van der Waals surface area contributed by atoms with Gasteiger partial charge in [-0.1, -0.05) is 26.7 Å². The standard InChI is InChI=1S/C11H20O4/c1-3-5-8(2)9(11(14)15)6-4-7-10(12)13/h8-9H,3-7H2,1-2H3,(H,12,13)(H,14,15). The van der Waals surface area contributed by atoms with E-state index in [-0.39, 0.29) is 12.3 Å². The predicted octanol–water partition coefficient (Wildman–Crippen LogP) is 2.38. The molecule has 0 saturated heterocycles. The van der Waals surface area contributed by atoms with E-state index >= 15 is 0 Å². The number of carbonyl (C=O) groups is 2. The molecule has 88 valence electrons. The lowest BCUT2D eigenvalue weighted by Gasteiger charge is -2.18. The van der Waals surface area contributed by atoms with E-state index in [9.17, 15) is 9.59 Å². The van der Waals surface area contributed by atoms with E-state index in [1.807, 2.05) is 13.8 Å². The average Bonchev–Trinajstić information content (AvgIpc) is 2.11. The maximum Gasteiger partial charge on any atom is 0.306 e. The van der Waals surface area contributed by atoms with Gasteiger partial charge in [0.2, 0.25) is 0 Å². The van der Waals surface area contributed by atoms with E-state index in [1.54, 1.807) is 0 Å². The lowest BCUT2D eigenvalue weighted by atomic mass is 9.86. The van der Waals surface area contributed by atoms with Gasteiger partial charge < -0.3 is 10.2 Å². The summed E-state index contributed by atoms with van der Waals surface area (Å²) in [5.74, 6) is -1.94. The molecule has 0 radical (unpaired) electrons. The van der Waals surface area contributed by atoms with Crippen LogP contribution in [0.1, 0.15) is 46.0 Å². The van der Waals surface area contributed by atoms with Crippen LogP contribution in [0.15, 0.2) is 0 Å². The van der Waals surface area contributed by atoms with E-state index in [1.165, 1.54) is 0 Å². The molecule has 2 unspecified atom stereocenters. The SMILES string of the molecule is CCCC(C)C(CCCC(=O)O)C(=O)O. The van der Waals surface area contributed by atoms with Crippen LogP contribution in [0.4, 0.5) is 0 Å². The fourth-order valence-corrected chi connectivity index (χ4v) is 1.78. The monoisotopic (exact) mass is 216 g/mol. The minimum Gasteiger partial charge on any atom is -0.481 e. The largest absolute Gasteiger partial charge is 0.481 e. The summed E-state index contributed by atoms with van der Waals surface area (Å²) in [4.78, 5) is 21.2. The second-order valence-corrected chi connectivity index (χ2v) is 4.00. The van der Waals surface area contributed by atoms with Gasteiger partial charge in [-0.2, -0.15) is 0 Å². The molecule has 0 bridgehead atoms. The Kier molecular flexibility index (Phi) is 6.75. The molecular weight excluding hydrogens is 196 g/mol. The lowest BCUT2D eigenvalue weighted by molar-refractivity contribution is -0.144. The van der Waals surface area contributed by atoms with Gasteiger partial charge in [0.1, 0.15) is 0 Å². The number of carboxylic acids is 2. The maximum absolute atomic E-state index is 10.9. The Bertz CT molecular complexity index is 213. The van der Waals surface area contributed by atoms with E-state index in [2.05, 4.69) is 0 Å². The van der Waals surface area contributed by atoms with Gasteiger partial charge in [-0.25, -0.2) is 0 Å². The molecule has 2 N–H and O–H groups in total. The van der Waals surface area contributed by atoms with Crippen LogP contribution in [0, 0.1) is 11.8 Å². The highest BCUT2D eigenvalue weighted by Gasteiger charge is 2.23. The molecule has 4 heteroatoms. The van der Waals surface area contributed by atoms with Crippen molar-refractivity contribution in [2.75, 3.05) is 0 Å². The highest BCUT2D eigenvalue weighted by molar-refractivity contribution is 5.70. The lowest BCUT2D eigenvalue weighted by Crippen LogP contribution is -2.21. The van der Waals surface area contributed by atoms with Gasteiger partial charge >= 0.3 is 11.9 Å². The minimum atomic E-state index is -0.859. The number of aliphatic carboxylic acids is 2. The third kappa shape index (κ3) is 6.10. The van der Waals surface area contributed by atoms with Crippen LogP contribution in [0.25, 0.3) is 0 Å². The van der Waals surface area contributed by atoms with Crippen LogP contribution in [-0.4, -0.2) is 22.2 Å². The molecule has 0 aliphatic heterocycles. The smallest absolute Gasteiger partial charge is 0.306 e. The third-order valence-electron chi connectivity index (χ3n) is 2.65. The summed E-state index contributed by atoms with van der Waals surface area (Å²) in [6.07, 6.45) is 2.81. The van der Waals surface area contributed by atoms with Gasteiger partial charge in [-0.3, -0.25) is 9.59 Å². The molecule has 0 aliphatic carbocycles. The summed E-state index contributed by atoms with van der Waals surface area (Å²) in [7, 11) is 0. The first-order chi connectivity index (χ1) is 6.99. The molecule has 15 heavy (non-hydrogen) atoms. The Hall–Kier alpha value is -1.06. The normalized spacial score (nSPS) is 14.5. The quantitative estimate of drug-likeness (QED) is 0.653. The van der Waals surface area contributed by atoms with Crippen molar-refractivity contribution in [2.24, 2.45) is 11.8 Å². The van der Waals surface area contributed by atoms with Crippen molar-refractivity contribution in [2.45, 2.75) is 46.0 Å². The van der Waals surface area contributed by atoms with Crippen molar-refractivity contribution in [1.82, 2.24) is 0 Å². The molecule has 0 spiro atoms. The van der Waals surface area contributed by atoms with E-state index in [4.69, 9.17) is 10.2 Å². The van der Waals surface area contributed by atoms with Gasteiger partial charge in [-0.15, -0.1) is 0 Å². The minimum absolute atomic E-state index is 0.0582. The summed E-state index contributed by atoms with van der Waals surface area (Å²) in [5.41, 5.74) is 0. The summed E-state index contributed by atoms with van der Waals surface area (Å²) in [5, 5.41) is 17.4. The van der Waals surface area contributed by atoms with Crippen LogP contribution < -0.4 is 0 Å². The molecule has 2 atom stereocenters. The predicted molar refractivity (Wildman–Crippen MR) is 56.7 cm³/mol. The maximum atomic E-state index is 10.9. The average molecular weight is 216 g/mol. The zero-order valence-electron chi connectivity index (χ0n) is 9.40. The summed E-state index contributed by atoms with van der Waals surface area (Å²) in [6, 6.07) is 0. The number of hydrogen-bond acceptors (Lipinski definition) is 2. The van der Waals surface area contributed by atoms with Crippen LogP contribution in [-0.2, 0) is 9.59 Å². The van der Waals surface area contributed by atoms with Crippen molar-refractivity contribution in [3.8, 4) is 0 Å². The Morgan fingerprint density at radius 3 is 2.20 bits per heavy atom. The highest BCUT2D eigenvalue weighted by Crippen LogP contribution is 2.22. The van der Waals surface area contributed by atoms with E-state index in [0.29, 0.717) is 12.8 Å². The molecule has 0 fully saturated rings. The Balaban J connectivity index is 4.04. The van der Waals surface area contributed by atoms with Crippen molar-refractivity contribution >= 4 is 11.9 Å². The number of hydrogen-bond donors (Lipinski definition) is 2. The fraction of sp³-hybridized carbons (Fsp3) is 0.818. The van der Waals surface area contributed by atoms with Crippen molar-refractivity contribution in [3.05, 3.63) is 0 Å². The zero-order valence-corrected chi connectivity index (χ0v) is 9.40. The van der Waals surface area contributed by atoms with Crippen molar-refractivity contribution < 1.29 is 19.8 Å². The van der Waals surface area contributed by atoms with Crippen LogP contribution >= 0.6 is 0 Å². The zero-order chi connectivity index (χ0) is 11.8. The molecule has 0 aliphatic rings. The first-order valence-corrected chi connectivity index (χ1v) is 5.43. The summed E-state index contributed by atoms with van der Waals surface area (Å²) < 4.78 is 0. The first kappa shape index (κ1) is 13.9. The Morgan fingerprint density at radius 2 is 1.80 bits per heavy atom. The van der Waals surface area contributed by atoms with Gasteiger partial charge in [0.25, 0.3) is 0 Å². The van der Waals surface area contributed by atoms with Gasteiger partial charge in [0, 0.05) is 6.42 Å². The van der Waals surface area contributed by atoms with Crippen molar-refractivity contribution in [3.63, 3.8) is 0 Å². The molecule has 0 heterocycles. The third-order valence-corrected chi connectivity index (χ3v) is 2.65. The molecule has 0 aromatic heterocycles. The van der Waals surface area contributed by atoms with Gasteiger partial charge in [0.15, 0.2) is 0 Å². The first-order valence-electron chi connectivity index (χ1n) is 5.43. The van der Waals surface area contributed by atoms with E-state index < -0.39 is 17.9 Å². The second kappa shape index (κ2) is 7.26. The van der Waals surface area contributed by atoms with Gasteiger partial charge in [0.05, 0.1) is 5.92 Å². The van der Waals surface area contributed by atoms with E-state index in [0.717, 1.165) is 12.8 Å². The van der Waals surface area contributed by atoms with Crippen LogP contribution in [0.3, 0.4) is 0 Å². The van der Waals surface area contributed by atoms with Crippen LogP contribution in [0.2, 0.25) is 0 Å². The molecule has 0 aromatic carbocycles. The Morgan fingerprint density at radius 1 is 1.20 bits per heavy atom. The molecule has 0 rings (SSSR count). The number of rotatable bonds is 8. The summed E-state index contributed by atoms with van der Waals surface area (Å²) >= 11 is 0. The molecule has 0 aromatic rings. The Labute approximate surface area is 90.3 Å². The fourth-order valence-electron chi connectivity index (χ4n) is 1.78. The second-order valence-electron chi connectivity index (χ2n) is 4.00. The molecule has 4 nitrogen and oxygen atoms in total. The summed E-state index contributed by atoms with van der Waals surface area (Å²) in [6.45, 7) is 3.94. The number of carboxylic acid groups (broad SMARTS) is 2. The van der Waals surface area contributed by atoms with Crippen LogP contribution in [0.5, 0.6) is 0 Å². The molecular formula is C11H20O4. The van der Waals surface area contributed by atoms with Gasteiger partial charge in [-0.05, 0) is 18.8 Å². The molecule has 0 amide bonds. The van der Waals surface area contributed by atoms with Crippen molar-refractivity contribution in [1.29, 1.82) is 0 Å². The molecule has 0 saturated carbocycles.